The molecule has 1 heterocycles. The maximum atomic E-state index is 12.8. The zero-order chi connectivity index (χ0) is 20.8. The molecule has 3 rings (SSSR count). The molecule has 3 aromatic rings. The molecule has 0 aliphatic heterocycles. The van der Waals surface area contributed by atoms with Crippen molar-refractivity contribution >= 4 is 5.91 Å². The molecule has 1 unspecified atom stereocenters. The van der Waals surface area contributed by atoms with Crippen molar-refractivity contribution < 1.29 is 9.53 Å². The molecular formula is C24H27N3O2. The Labute approximate surface area is 172 Å². The van der Waals surface area contributed by atoms with Crippen LogP contribution in [0.4, 0.5) is 0 Å². The molecule has 0 saturated carbocycles. The van der Waals surface area contributed by atoms with Gasteiger partial charge in [0.1, 0.15) is 11.3 Å². The van der Waals surface area contributed by atoms with Gasteiger partial charge in [0, 0.05) is 17.8 Å². The van der Waals surface area contributed by atoms with Crippen LogP contribution in [0.5, 0.6) is 11.6 Å². The number of hydrogen-bond donors (Lipinski definition) is 1. The van der Waals surface area contributed by atoms with Crippen molar-refractivity contribution in [3.63, 3.8) is 0 Å². The molecular weight excluding hydrogens is 362 g/mol. The summed E-state index contributed by atoms with van der Waals surface area (Å²) in [5.74, 6) is 1.54. The Balaban J connectivity index is 2.00. The number of rotatable bonds is 7. The number of ether oxygens (including phenoxy) is 1. The summed E-state index contributed by atoms with van der Waals surface area (Å²) in [6, 6.07) is 17.5. The van der Waals surface area contributed by atoms with Crippen LogP contribution in [-0.4, -0.2) is 21.9 Å². The van der Waals surface area contributed by atoms with Crippen LogP contribution in [0.1, 0.15) is 56.0 Å². The smallest absolute Gasteiger partial charge is 0.258 e. The summed E-state index contributed by atoms with van der Waals surface area (Å²) in [6.45, 7) is 8.24. The van der Waals surface area contributed by atoms with E-state index in [4.69, 9.17) is 4.74 Å². The van der Waals surface area contributed by atoms with E-state index >= 15 is 0 Å². The van der Waals surface area contributed by atoms with Crippen molar-refractivity contribution in [2.24, 2.45) is 0 Å². The minimum absolute atomic E-state index is 0.0495. The van der Waals surface area contributed by atoms with E-state index in [1.807, 2.05) is 62.4 Å². The lowest BCUT2D eigenvalue weighted by molar-refractivity contribution is 0.0936. The third-order valence-electron chi connectivity index (χ3n) is 4.76. The highest BCUT2D eigenvalue weighted by Crippen LogP contribution is 2.28. The number of aromatic nitrogens is 2. The topological polar surface area (TPSA) is 64.1 Å². The maximum Gasteiger partial charge on any atom is 0.258 e. The highest BCUT2D eigenvalue weighted by molar-refractivity contribution is 5.96. The average molecular weight is 389 g/mol. The highest BCUT2D eigenvalue weighted by Gasteiger charge is 2.19. The predicted molar refractivity (Wildman–Crippen MR) is 115 cm³/mol. The number of nitrogens with one attached hydrogen (secondary N) is 1. The summed E-state index contributed by atoms with van der Waals surface area (Å²) in [6.07, 6.45) is 2.37. The van der Waals surface area contributed by atoms with Gasteiger partial charge in [0.05, 0.1) is 0 Å². The molecule has 0 aliphatic rings. The fourth-order valence-corrected chi connectivity index (χ4v) is 2.78. The van der Waals surface area contributed by atoms with E-state index in [-0.39, 0.29) is 17.8 Å². The summed E-state index contributed by atoms with van der Waals surface area (Å²) in [7, 11) is 0. The van der Waals surface area contributed by atoms with Gasteiger partial charge in [-0.1, -0.05) is 63.2 Å². The summed E-state index contributed by atoms with van der Waals surface area (Å²) in [4.78, 5) is 21.7. The van der Waals surface area contributed by atoms with Crippen molar-refractivity contribution in [1.29, 1.82) is 0 Å². The molecule has 0 saturated heterocycles. The van der Waals surface area contributed by atoms with Gasteiger partial charge in [-0.05, 0) is 37.0 Å². The molecule has 5 nitrogen and oxygen atoms in total. The van der Waals surface area contributed by atoms with Gasteiger partial charge in [-0.2, -0.15) is 4.98 Å². The van der Waals surface area contributed by atoms with Gasteiger partial charge in [-0.15, -0.1) is 0 Å². The van der Waals surface area contributed by atoms with E-state index in [0.717, 1.165) is 17.5 Å². The Hall–Kier alpha value is -3.21. The van der Waals surface area contributed by atoms with Crippen LogP contribution in [0.3, 0.4) is 0 Å². The van der Waals surface area contributed by atoms with Crippen molar-refractivity contribution in [2.45, 2.75) is 46.1 Å². The van der Waals surface area contributed by atoms with Crippen molar-refractivity contribution in [3.05, 3.63) is 71.9 Å². The molecule has 1 amide bonds. The summed E-state index contributed by atoms with van der Waals surface area (Å²) in [5, 5.41) is 2.96. The highest BCUT2D eigenvalue weighted by atomic mass is 16.5. The normalized spacial score (nSPS) is 11.9. The molecule has 0 aliphatic carbocycles. The van der Waals surface area contributed by atoms with E-state index in [1.54, 1.807) is 0 Å². The zero-order valence-electron chi connectivity index (χ0n) is 17.3. The van der Waals surface area contributed by atoms with Crippen LogP contribution < -0.4 is 10.1 Å². The van der Waals surface area contributed by atoms with Gasteiger partial charge in [0.25, 0.3) is 5.91 Å². The number of carbonyl (C=O) groups excluding carboxylic acids is 1. The van der Waals surface area contributed by atoms with E-state index in [9.17, 15) is 4.79 Å². The summed E-state index contributed by atoms with van der Waals surface area (Å²) < 4.78 is 6.09. The molecule has 5 heteroatoms. The van der Waals surface area contributed by atoms with Crippen molar-refractivity contribution in [1.82, 2.24) is 15.3 Å². The lowest BCUT2D eigenvalue weighted by Gasteiger charge is -2.15. The molecule has 0 spiro atoms. The third kappa shape index (κ3) is 5.19. The quantitative estimate of drug-likeness (QED) is 0.572. The van der Waals surface area contributed by atoms with Gasteiger partial charge < -0.3 is 10.1 Å². The first kappa shape index (κ1) is 20.5. The molecule has 1 N–H and O–H groups in total. The van der Waals surface area contributed by atoms with Crippen LogP contribution >= 0.6 is 0 Å². The first-order chi connectivity index (χ1) is 14.0. The standard InChI is InChI=1S/C24H27N3O2/c1-5-17(4)26-23(28)21-15-25-22(18-10-7-6-8-11-18)27-24(21)29-20-13-9-12-19(14-20)16(2)3/h6-17H,5H2,1-4H3,(H,26,28). The lowest BCUT2D eigenvalue weighted by Crippen LogP contribution is -2.32. The Kier molecular flexibility index (Phi) is 6.60. The minimum atomic E-state index is -0.242. The minimum Gasteiger partial charge on any atom is -0.438 e. The van der Waals surface area contributed by atoms with Crippen LogP contribution in [0.25, 0.3) is 11.4 Å². The van der Waals surface area contributed by atoms with Crippen LogP contribution in [0, 0.1) is 0 Å². The first-order valence-electron chi connectivity index (χ1n) is 9.99. The second kappa shape index (κ2) is 9.32. The Morgan fingerprint density at radius 2 is 1.83 bits per heavy atom. The van der Waals surface area contributed by atoms with E-state index in [0.29, 0.717) is 23.1 Å². The molecule has 1 aromatic heterocycles. The largest absolute Gasteiger partial charge is 0.438 e. The lowest BCUT2D eigenvalue weighted by atomic mass is 10.0. The van der Waals surface area contributed by atoms with Gasteiger partial charge in [0.15, 0.2) is 5.82 Å². The van der Waals surface area contributed by atoms with Gasteiger partial charge in [0.2, 0.25) is 5.88 Å². The van der Waals surface area contributed by atoms with Gasteiger partial charge >= 0.3 is 0 Å². The number of amides is 1. The Morgan fingerprint density at radius 1 is 1.07 bits per heavy atom. The number of carbonyl (C=O) groups is 1. The van der Waals surface area contributed by atoms with Crippen molar-refractivity contribution in [2.75, 3.05) is 0 Å². The van der Waals surface area contributed by atoms with Gasteiger partial charge in [-0.25, -0.2) is 4.98 Å². The second-order valence-electron chi connectivity index (χ2n) is 7.39. The summed E-state index contributed by atoms with van der Waals surface area (Å²) >= 11 is 0. The Bertz CT molecular complexity index is 971. The van der Waals surface area contributed by atoms with E-state index in [2.05, 4.69) is 35.2 Å². The van der Waals surface area contributed by atoms with Crippen LogP contribution in [-0.2, 0) is 0 Å². The zero-order valence-corrected chi connectivity index (χ0v) is 17.3. The van der Waals surface area contributed by atoms with E-state index < -0.39 is 0 Å². The van der Waals surface area contributed by atoms with Crippen molar-refractivity contribution in [3.8, 4) is 23.0 Å². The van der Waals surface area contributed by atoms with Gasteiger partial charge in [-0.3, -0.25) is 4.79 Å². The maximum absolute atomic E-state index is 12.8. The van der Waals surface area contributed by atoms with E-state index in [1.165, 1.54) is 6.20 Å². The molecule has 0 radical (unpaired) electrons. The molecule has 150 valence electrons. The first-order valence-corrected chi connectivity index (χ1v) is 9.99. The molecule has 1 atom stereocenters. The molecule has 29 heavy (non-hydrogen) atoms. The molecule has 0 fully saturated rings. The monoisotopic (exact) mass is 389 g/mol. The third-order valence-corrected chi connectivity index (χ3v) is 4.76. The SMILES string of the molecule is CCC(C)NC(=O)c1cnc(-c2ccccc2)nc1Oc1cccc(C(C)C)c1. The number of hydrogen-bond acceptors (Lipinski definition) is 4. The average Bonchev–Trinajstić information content (AvgIpc) is 2.74. The second-order valence-corrected chi connectivity index (χ2v) is 7.39. The number of benzene rings is 2. The molecule has 0 bridgehead atoms. The Morgan fingerprint density at radius 3 is 2.52 bits per heavy atom. The van der Waals surface area contributed by atoms with Crippen LogP contribution in [0.2, 0.25) is 0 Å². The fourth-order valence-electron chi connectivity index (χ4n) is 2.78. The van der Waals surface area contributed by atoms with Crippen LogP contribution in [0.15, 0.2) is 60.8 Å². The number of nitrogens with zero attached hydrogens (tertiary/aromatic N) is 2. The summed E-state index contributed by atoms with van der Waals surface area (Å²) in [5.41, 5.74) is 2.34. The fraction of sp³-hybridized carbons (Fsp3) is 0.292. The predicted octanol–water partition coefficient (Wildman–Crippen LogP) is 5.59. The molecule has 2 aromatic carbocycles.